The number of unbranched alkanes of at least 4 members (excludes halogenated alkanes) is 3. The van der Waals surface area contributed by atoms with Gasteiger partial charge in [0, 0.05) is 0 Å². The predicted octanol–water partition coefficient (Wildman–Crippen LogP) is 2.03. The number of carbonyl (C=O) groups excluding carboxylic acids is 1. The third-order valence-corrected chi connectivity index (χ3v) is 1.47. The average molecular weight is 169 g/mol. The van der Waals surface area contributed by atoms with Gasteiger partial charge >= 0.3 is 12.5 Å². The Morgan fingerprint density at radius 3 is 2.75 bits per heavy atom. The quantitative estimate of drug-likeness (QED) is 0.346. The van der Waals surface area contributed by atoms with Gasteiger partial charge in [-0.05, 0) is 6.42 Å². The molecule has 0 N–H and O–H groups in total. The fraction of sp³-hybridized carbons (Fsp3) is 0.778. The van der Waals surface area contributed by atoms with Crippen LogP contribution >= 0.6 is 0 Å². The topological polar surface area (TPSA) is 30.7 Å². The maximum absolute atomic E-state index is 10.6. The Morgan fingerprint density at radius 1 is 1.42 bits per heavy atom. The van der Waals surface area contributed by atoms with Crippen molar-refractivity contribution in [3.8, 4) is 0 Å². The summed E-state index contributed by atoms with van der Waals surface area (Å²) in [6, 6.07) is 0. The third-order valence-electron chi connectivity index (χ3n) is 1.47. The van der Waals surface area contributed by atoms with Crippen LogP contribution < -0.4 is 0 Å². The standard InChI is InChI=1S/C9H15NO2/c1-3-4-5-6-7-12-9(11)8-10-2/h3-8H2,1H3. The first-order chi connectivity index (χ1) is 5.81. The van der Waals surface area contributed by atoms with Gasteiger partial charge in [0.1, 0.15) is 0 Å². The fourth-order valence-corrected chi connectivity index (χ4v) is 0.825. The molecular weight excluding hydrogens is 154 g/mol. The predicted molar refractivity (Wildman–Crippen MR) is 46.6 cm³/mol. The van der Waals surface area contributed by atoms with Gasteiger partial charge < -0.3 is 9.58 Å². The lowest BCUT2D eigenvalue weighted by Gasteiger charge is -1.99. The summed E-state index contributed by atoms with van der Waals surface area (Å²) >= 11 is 0. The van der Waals surface area contributed by atoms with E-state index < -0.39 is 5.97 Å². The molecule has 0 rings (SSSR count). The van der Waals surface area contributed by atoms with Crippen LogP contribution in [0.15, 0.2) is 0 Å². The van der Waals surface area contributed by atoms with Gasteiger partial charge in [-0.2, -0.15) is 0 Å². The van der Waals surface area contributed by atoms with E-state index in [9.17, 15) is 4.79 Å². The summed E-state index contributed by atoms with van der Waals surface area (Å²) in [5, 5.41) is 0. The minimum Gasteiger partial charge on any atom is -0.460 e. The smallest absolute Gasteiger partial charge is 0.387 e. The third kappa shape index (κ3) is 7.07. The van der Waals surface area contributed by atoms with Crippen LogP contribution in [0.2, 0.25) is 0 Å². The Bertz CT molecular complexity index is 160. The van der Waals surface area contributed by atoms with Gasteiger partial charge in [0.25, 0.3) is 0 Å². The summed E-state index contributed by atoms with van der Waals surface area (Å²) in [5.74, 6) is -0.401. The Balaban J connectivity index is 3.10. The molecule has 0 aromatic heterocycles. The average Bonchev–Trinajstić information content (AvgIpc) is 2.05. The Hall–Kier alpha value is -1.04. The van der Waals surface area contributed by atoms with E-state index in [2.05, 4.69) is 11.8 Å². The normalized spacial score (nSPS) is 9.00. The van der Waals surface area contributed by atoms with Crippen molar-refractivity contribution in [2.45, 2.75) is 32.6 Å². The van der Waals surface area contributed by atoms with Gasteiger partial charge in [0.15, 0.2) is 0 Å². The molecule has 0 aromatic carbocycles. The van der Waals surface area contributed by atoms with Crippen molar-refractivity contribution in [2.75, 3.05) is 13.2 Å². The molecule has 0 aromatic rings. The van der Waals surface area contributed by atoms with E-state index >= 15 is 0 Å². The largest absolute Gasteiger partial charge is 0.460 e. The SMILES string of the molecule is [C-]#[N+]CC(=O)OCCCCCC. The molecule has 3 nitrogen and oxygen atoms in total. The van der Waals surface area contributed by atoms with Crippen LogP contribution in [0.25, 0.3) is 4.85 Å². The van der Waals surface area contributed by atoms with Gasteiger partial charge in [0.05, 0.1) is 6.61 Å². The van der Waals surface area contributed by atoms with E-state index in [1.807, 2.05) is 0 Å². The zero-order valence-electron chi connectivity index (χ0n) is 7.51. The first-order valence-corrected chi connectivity index (χ1v) is 4.30. The first kappa shape index (κ1) is 11.0. The monoisotopic (exact) mass is 169 g/mol. The molecule has 0 unspecified atom stereocenters. The number of hydrogen-bond acceptors (Lipinski definition) is 2. The molecule has 0 saturated carbocycles. The molecule has 0 aliphatic rings. The first-order valence-electron chi connectivity index (χ1n) is 4.30. The second kappa shape index (κ2) is 8.06. The van der Waals surface area contributed by atoms with Crippen LogP contribution in [-0.4, -0.2) is 19.1 Å². The molecule has 12 heavy (non-hydrogen) atoms. The van der Waals surface area contributed by atoms with Crippen molar-refractivity contribution in [3.05, 3.63) is 11.4 Å². The fourth-order valence-electron chi connectivity index (χ4n) is 0.825. The second-order valence-corrected chi connectivity index (χ2v) is 2.60. The van der Waals surface area contributed by atoms with Crippen LogP contribution in [-0.2, 0) is 9.53 Å². The lowest BCUT2D eigenvalue weighted by Crippen LogP contribution is -2.07. The van der Waals surface area contributed by atoms with E-state index in [1.165, 1.54) is 12.8 Å². The van der Waals surface area contributed by atoms with E-state index in [1.54, 1.807) is 0 Å². The molecule has 0 aliphatic heterocycles. The molecule has 0 aliphatic carbocycles. The van der Waals surface area contributed by atoms with Gasteiger partial charge in [0.2, 0.25) is 0 Å². The number of rotatable bonds is 6. The lowest BCUT2D eigenvalue weighted by molar-refractivity contribution is -0.141. The van der Waals surface area contributed by atoms with Gasteiger partial charge in [-0.1, -0.05) is 26.2 Å². The van der Waals surface area contributed by atoms with Crippen molar-refractivity contribution < 1.29 is 9.53 Å². The summed E-state index contributed by atoms with van der Waals surface area (Å²) in [6.45, 7) is 8.86. The molecule has 0 bridgehead atoms. The molecule has 0 atom stereocenters. The van der Waals surface area contributed by atoms with Crippen molar-refractivity contribution in [1.29, 1.82) is 0 Å². The van der Waals surface area contributed by atoms with Crippen LogP contribution in [0.5, 0.6) is 0 Å². The highest BCUT2D eigenvalue weighted by molar-refractivity contribution is 5.73. The van der Waals surface area contributed by atoms with E-state index in [0.717, 1.165) is 12.8 Å². The molecule has 0 heterocycles. The zero-order valence-corrected chi connectivity index (χ0v) is 7.51. The molecule has 0 saturated heterocycles. The van der Waals surface area contributed by atoms with Crippen molar-refractivity contribution in [2.24, 2.45) is 0 Å². The summed E-state index contributed by atoms with van der Waals surface area (Å²) < 4.78 is 4.78. The Kier molecular flexibility index (Phi) is 7.36. The number of hydrogen-bond donors (Lipinski definition) is 0. The number of nitrogens with zero attached hydrogens (tertiary/aromatic N) is 1. The maximum atomic E-state index is 10.6. The molecular formula is C9H15NO2. The molecule has 0 amide bonds. The minimum absolute atomic E-state index is 0.145. The molecule has 0 fully saturated rings. The van der Waals surface area contributed by atoms with Crippen LogP contribution in [0, 0.1) is 6.57 Å². The van der Waals surface area contributed by atoms with E-state index in [4.69, 9.17) is 11.3 Å². The van der Waals surface area contributed by atoms with E-state index in [0.29, 0.717) is 6.61 Å². The highest BCUT2D eigenvalue weighted by atomic mass is 16.5. The lowest BCUT2D eigenvalue weighted by atomic mass is 10.2. The van der Waals surface area contributed by atoms with Crippen LogP contribution in [0.1, 0.15) is 32.6 Å². The van der Waals surface area contributed by atoms with Crippen molar-refractivity contribution in [3.63, 3.8) is 0 Å². The van der Waals surface area contributed by atoms with Crippen LogP contribution in [0.4, 0.5) is 0 Å². The highest BCUT2D eigenvalue weighted by Crippen LogP contribution is 1.98. The molecule has 0 spiro atoms. The highest BCUT2D eigenvalue weighted by Gasteiger charge is 2.03. The minimum atomic E-state index is -0.401. The number of esters is 1. The van der Waals surface area contributed by atoms with Crippen molar-refractivity contribution >= 4 is 5.97 Å². The molecule has 68 valence electrons. The molecule has 0 radical (unpaired) electrons. The van der Waals surface area contributed by atoms with Crippen molar-refractivity contribution in [1.82, 2.24) is 0 Å². The Morgan fingerprint density at radius 2 is 2.17 bits per heavy atom. The van der Waals surface area contributed by atoms with Gasteiger partial charge in [-0.3, -0.25) is 0 Å². The summed E-state index contributed by atoms with van der Waals surface area (Å²) in [5.41, 5.74) is 0. The second-order valence-electron chi connectivity index (χ2n) is 2.60. The summed E-state index contributed by atoms with van der Waals surface area (Å²) in [4.78, 5) is 13.6. The Labute approximate surface area is 73.5 Å². The number of carbonyl (C=O) groups is 1. The van der Waals surface area contributed by atoms with Gasteiger partial charge in [-0.15, -0.1) is 0 Å². The van der Waals surface area contributed by atoms with Crippen LogP contribution in [0.3, 0.4) is 0 Å². The summed E-state index contributed by atoms with van der Waals surface area (Å²) in [6.07, 6.45) is 4.37. The maximum Gasteiger partial charge on any atom is 0.387 e. The van der Waals surface area contributed by atoms with Gasteiger partial charge in [-0.25, -0.2) is 11.4 Å². The molecule has 3 heteroatoms. The van der Waals surface area contributed by atoms with E-state index in [-0.39, 0.29) is 6.54 Å². The summed E-state index contributed by atoms with van der Waals surface area (Å²) in [7, 11) is 0. The zero-order chi connectivity index (χ0) is 9.23. The number of ether oxygens (including phenoxy) is 1.